The molecule has 2 aliphatic heterocycles. The monoisotopic (exact) mass is 485 g/mol. The molecule has 35 heavy (non-hydrogen) atoms. The number of hydrogen-bond donors (Lipinski definition) is 2. The first-order chi connectivity index (χ1) is 17.0. The Kier molecular flexibility index (Phi) is 10.3. The van der Waals surface area contributed by atoms with E-state index in [-0.39, 0.29) is 17.7 Å². The van der Waals surface area contributed by atoms with Gasteiger partial charge in [-0.05, 0) is 66.0 Å². The molecule has 4 rings (SSSR count). The van der Waals surface area contributed by atoms with Gasteiger partial charge < -0.3 is 25.0 Å². The quantitative estimate of drug-likeness (QED) is 0.626. The van der Waals surface area contributed by atoms with E-state index < -0.39 is 0 Å². The summed E-state index contributed by atoms with van der Waals surface area (Å²) in [6, 6.07) is 2.00. The largest absolute Gasteiger partial charge is 0.355 e. The van der Waals surface area contributed by atoms with E-state index >= 15 is 0 Å². The van der Waals surface area contributed by atoms with Crippen molar-refractivity contribution in [1.82, 2.24) is 30.1 Å². The third kappa shape index (κ3) is 6.72. The minimum Gasteiger partial charge on any atom is -0.355 e. The van der Waals surface area contributed by atoms with Gasteiger partial charge in [0.1, 0.15) is 17.8 Å². The standard InChI is InChI=1S/C16H23N5O.C10H20N2O/c1-3-20(4-2)16(22)12-6-5-9-21(10-12)15-13-7-8-17-14(13)18-11-19-15;1-3-12(4-2)10(13)9-6-5-7-11-8-9/h7-8,11-12H,3-6,9-10H2,1-2H3,(H,17,18,19);9,11H,3-8H2,1-2H3. The van der Waals surface area contributed by atoms with Gasteiger partial charge in [-0.1, -0.05) is 0 Å². The molecule has 0 bridgehead atoms. The third-order valence-corrected chi connectivity index (χ3v) is 7.20. The highest BCUT2D eigenvalue weighted by molar-refractivity contribution is 5.88. The molecule has 0 aromatic carbocycles. The molecule has 2 atom stereocenters. The van der Waals surface area contributed by atoms with E-state index in [1.807, 2.05) is 49.8 Å². The Bertz CT molecular complexity index is 933. The predicted octanol–water partition coefficient (Wildman–Crippen LogP) is 2.90. The van der Waals surface area contributed by atoms with E-state index in [0.717, 1.165) is 94.9 Å². The van der Waals surface area contributed by atoms with Gasteiger partial charge in [0.25, 0.3) is 0 Å². The third-order valence-electron chi connectivity index (χ3n) is 7.20. The Morgan fingerprint density at radius 3 is 2.26 bits per heavy atom. The number of aromatic nitrogens is 3. The lowest BCUT2D eigenvalue weighted by Crippen LogP contribution is -2.45. The summed E-state index contributed by atoms with van der Waals surface area (Å²) >= 11 is 0. The lowest BCUT2D eigenvalue weighted by molar-refractivity contribution is -0.136. The van der Waals surface area contributed by atoms with Gasteiger partial charge in [0.2, 0.25) is 11.8 Å². The highest BCUT2D eigenvalue weighted by Crippen LogP contribution is 2.27. The molecule has 2 aromatic rings. The summed E-state index contributed by atoms with van der Waals surface area (Å²) in [5.74, 6) is 1.83. The first-order valence-corrected chi connectivity index (χ1v) is 13.3. The maximum absolute atomic E-state index is 12.6. The van der Waals surface area contributed by atoms with Gasteiger partial charge in [0, 0.05) is 52.0 Å². The summed E-state index contributed by atoms with van der Waals surface area (Å²) in [7, 11) is 0. The number of H-pyrrole nitrogens is 1. The normalized spacial score (nSPS) is 20.2. The van der Waals surface area contributed by atoms with Crippen LogP contribution in [-0.2, 0) is 9.59 Å². The fourth-order valence-electron chi connectivity index (χ4n) is 5.13. The van der Waals surface area contributed by atoms with Crippen LogP contribution in [0.5, 0.6) is 0 Å². The highest BCUT2D eigenvalue weighted by atomic mass is 16.2. The molecule has 2 N–H and O–H groups in total. The maximum Gasteiger partial charge on any atom is 0.227 e. The Morgan fingerprint density at radius 2 is 1.63 bits per heavy atom. The average molecular weight is 486 g/mol. The summed E-state index contributed by atoms with van der Waals surface area (Å²) in [5, 5.41) is 4.30. The predicted molar refractivity (Wildman–Crippen MR) is 140 cm³/mol. The highest BCUT2D eigenvalue weighted by Gasteiger charge is 2.29. The van der Waals surface area contributed by atoms with Gasteiger partial charge in [0.15, 0.2) is 0 Å². The van der Waals surface area contributed by atoms with Crippen LogP contribution in [0.1, 0.15) is 53.4 Å². The number of fused-ring (bicyclic) bond motifs is 1. The number of aromatic amines is 1. The number of piperidine rings is 2. The molecule has 2 saturated heterocycles. The molecule has 2 unspecified atom stereocenters. The average Bonchev–Trinajstić information content (AvgIpc) is 3.40. The number of carbonyl (C=O) groups is 2. The Morgan fingerprint density at radius 1 is 0.971 bits per heavy atom. The second-order valence-electron chi connectivity index (χ2n) is 9.29. The van der Waals surface area contributed by atoms with Crippen molar-refractivity contribution in [1.29, 1.82) is 0 Å². The van der Waals surface area contributed by atoms with Crippen LogP contribution >= 0.6 is 0 Å². The Labute approximate surface area is 209 Å². The molecule has 2 amide bonds. The molecule has 0 spiro atoms. The summed E-state index contributed by atoms with van der Waals surface area (Å²) < 4.78 is 0. The number of nitrogens with one attached hydrogen (secondary N) is 2. The zero-order valence-electron chi connectivity index (χ0n) is 21.9. The van der Waals surface area contributed by atoms with E-state index in [0.29, 0.717) is 5.91 Å². The molecule has 9 heteroatoms. The van der Waals surface area contributed by atoms with Gasteiger partial charge in [-0.2, -0.15) is 0 Å². The van der Waals surface area contributed by atoms with Crippen LogP contribution in [-0.4, -0.2) is 88.9 Å². The van der Waals surface area contributed by atoms with E-state index in [4.69, 9.17) is 0 Å². The summed E-state index contributed by atoms with van der Waals surface area (Å²) in [6.07, 6.45) is 7.65. The number of carbonyl (C=O) groups excluding carboxylic acids is 2. The lowest BCUT2D eigenvalue weighted by atomic mass is 9.96. The summed E-state index contributed by atoms with van der Waals surface area (Å²) in [5.41, 5.74) is 0.849. The van der Waals surface area contributed by atoms with Crippen LogP contribution in [0.15, 0.2) is 18.6 Å². The van der Waals surface area contributed by atoms with Crippen molar-refractivity contribution in [3.8, 4) is 0 Å². The van der Waals surface area contributed by atoms with Crippen LogP contribution in [0.25, 0.3) is 11.0 Å². The fourth-order valence-corrected chi connectivity index (χ4v) is 5.13. The number of nitrogens with zero attached hydrogens (tertiary/aromatic N) is 5. The van der Waals surface area contributed by atoms with Crippen LogP contribution in [0.4, 0.5) is 5.82 Å². The van der Waals surface area contributed by atoms with Gasteiger partial charge in [-0.25, -0.2) is 9.97 Å². The van der Waals surface area contributed by atoms with Gasteiger partial charge in [-0.3, -0.25) is 9.59 Å². The van der Waals surface area contributed by atoms with Crippen molar-refractivity contribution >= 4 is 28.7 Å². The zero-order valence-corrected chi connectivity index (χ0v) is 21.9. The number of anilines is 1. The van der Waals surface area contributed by atoms with Gasteiger partial charge >= 0.3 is 0 Å². The van der Waals surface area contributed by atoms with Crippen LogP contribution in [0.3, 0.4) is 0 Å². The first kappa shape index (κ1) is 26.9. The second kappa shape index (κ2) is 13.4. The lowest BCUT2D eigenvalue weighted by Gasteiger charge is -2.35. The molecule has 2 fully saturated rings. The summed E-state index contributed by atoms with van der Waals surface area (Å²) in [4.78, 5) is 42.4. The Hall–Kier alpha value is -2.68. The molecule has 9 nitrogen and oxygen atoms in total. The molecule has 4 heterocycles. The minimum atomic E-state index is 0.0672. The molecule has 194 valence electrons. The van der Waals surface area contributed by atoms with Crippen molar-refractivity contribution in [3.63, 3.8) is 0 Å². The number of amides is 2. The smallest absolute Gasteiger partial charge is 0.227 e. The van der Waals surface area contributed by atoms with Crippen LogP contribution < -0.4 is 10.2 Å². The van der Waals surface area contributed by atoms with E-state index in [9.17, 15) is 9.59 Å². The van der Waals surface area contributed by atoms with Gasteiger partial charge in [-0.15, -0.1) is 0 Å². The number of rotatable bonds is 7. The SMILES string of the molecule is CCN(CC)C(=O)C1CCCN(c2ncnc3[nH]ccc23)C1.CCN(CC)C(=O)C1CCCNC1. The van der Waals surface area contributed by atoms with E-state index in [1.165, 1.54) is 0 Å². The summed E-state index contributed by atoms with van der Waals surface area (Å²) in [6.45, 7) is 15.0. The van der Waals surface area contributed by atoms with Crippen LogP contribution in [0, 0.1) is 11.8 Å². The molecule has 2 aliphatic rings. The van der Waals surface area contributed by atoms with E-state index in [1.54, 1.807) is 6.33 Å². The van der Waals surface area contributed by atoms with E-state index in [2.05, 4.69) is 25.2 Å². The number of hydrogen-bond acceptors (Lipinski definition) is 6. The van der Waals surface area contributed by atoms with Gasteiger partial charge in [0.05, 0.1) is 17.2 Å². The van der Waals surface area contributed by atoms with Crippen LogP contribution in [0.2, 0.25) is 0 Å². The second-order valence-corrected chi connectivity index (χ2v) is 9.29. The molecular formula is C26H43N7O2. The molecule has 0 aliphatic carbocycles. The van der Waals surface area contributed by atoms with Crippen molar-refractivity contribution in [2.45, 2.75) is 53.4 Å². The Balaban J connectivity index is 0.000000225. The maximum atomic E-state index is 12.6. The minimum absolute atomic E-state index is 0.0672. The zero-order chi connectivity index (χ0) is 25.2. The molecule has 2 aromatic heterocycles. The topological polar surface area (TPSA) is 97.5 Å². The van der Waals surface area contributed by atoms with Crippen molar-refractivity contribution < 1.29 is 9.59 Å². The van der Waals surface area contributed by atoms with Crippen molar-refractivity contribution in [2.24, 2.45) is 11.8 Å². The molecule has 0 radical (unpaired) electrons. The fraction of sp³-hybridized carbons (Fsp3) is 0.692. The first-order valence-electron chi connectivity index (χ1n) is 13.3. The van der Waals surface area contributed by atoms with Crippen molar-refractivity contribution in [2.75, 3.05) is 57.3 Å². The molecular weight excluding hydrogens is 442 g/mol. The van der Waals surface area contributed by atoms with Crippen molar-refractivity contribution in [3.05, 3.63) is 18.6 Å². The molecule has 0 saturated carbocycles.